The first-order valence-electron chi connectivity index (χ1n) is 9.48. The number of hydrogen-bond donors (Lipinski definition) is 0. The Balaban J connectivity index is 0.00000312. The SMILES string of the molecule is CC(C)N(CCCCCc1ccccc1-c1ccccc1)C(C)C.Cl. The van der Waals surface area contributed by atoms with Gasteiger partial charge in [-0.25, -0.2) is 0 Å². The van der Waals surface area contributed by atoms with Crippen molar-refractivity contribution in [2.24, 2.45) is 0 Å². The van der Waals surface area contributed by atoms with Crippen molar-refractivity contribution in [1.82, 2.24) is 4.90 Å². The Hall–Kier alpha value is -1.31. The van der Waals surface area contributed by atoms with Crippen LogP contribution in [0.3, 0.4) is 0 Å². The monoisotopic (exact) mass is 359 g/mol. The molecule has 2 rings (SSSR count). The fourth-order valence-corrected chi connectivity index (χ4v) is 3.54. The van der Waals surface area contributed by atoms with Gasteiger partial charge in [0, 0.05) is 12.1 Å². The summed E-state index contributed by atoms with van der Waals surface area (Å²) in [7, 11) is 0. The average molecular weight is 360 g/mol. The van der Waals surface area contributed by atoms with E-state index < -0.39 is 0 Å². The molecule has 2 aromatic carbocycles. The van der Waals surface area contributed by atoms with E-state index in [0.29, 0.717) is 12.1 Å². The maximum Gasteiger partial charge on any atom is 0.00412 e. The Morgan fingerprint density at radius 2 is 1.32 bits per heavy atom. The lowest BCUT2D eigenvalue weighted by Gasteiger charge is -2.30. The summed E-state index contributed by atoms with van der Waals surface area (Å²) >= 11 is 0. The van der Waals surface area contributed by atoms with Crippen LogP contribution in [0.5, 0.6) is 0 Å². The smallest absolute Gasteiger partial charge is 0.00412 e. The first kappa shape index (κ1) is 21.7. The summed E-state index contributed by atoms with van der Waals surface area (Å²) in [6, 6.07) is 20.9. The highest BCUT2D eigenvalue weighted by Crippen LogP contribution is 2.24. The third-order valence-electron chi connectivity index (χ3n) is 4.79. The number of halogens is 1. The lowest BCUT2D eigenvalue weighted by molar-refractivity contribution is 0.171. The van der Waals surface area contributed by atoms with Crippen LogP contribution < -0.4 is 0 Å². The molecule has 2 aromatic rings. The van der Waals surface area contributed by atoms with Gasteiger partial charge in [-0.3, -0.25) is 4.90 Å². The Bertz CT molecular complexity index is 584. The van der Waals surface area contributed by atoms with Gasteiger partial charge in [-0.15, -0.1) is 12.4 Å². The maximum atomic E-state index is 2.60. The average Bonchev–Trinajstić information content (AvgIpc) is 2.58. The molecule has 138 valence electrons. The standard InChI is InChI=1S/C23H33N.ClH/c1-19(2)24(20(3)4)18-12-6-9-15-22-16-10-11-17-23(22)21-13-7-5-8-14-21;/h5,7-8,10-11,13-14,16-17,19-20H,6,9,12,15,18H2,1-4H3;1H. The highest BCUT2D eigenvalue weighted by molar-refractivity contribution is 5.85. The molecule has 0 fully saturated rings. The summed E-state index contributed by atoms with van der Waals surface area (Å²) in [6.07, 6.45) is 5.05. The van der Waals surface area contributed by atoms with Crippen LogP contribution in [0.1, 0.15) is 52.5 Å². The molecule has 0 heterocycles. The summed E-state index contributed by atoms with van der Waals surface area (Å²) in [5.41, 5.74) is 4.20. The van der Waals surface area contributed by atoms with Crippen LogP contribution in [-0.2, 0) is 6.42 Å². The Morgan fingerprint density at radius 1 is 0.720 bits per heavy atom. The molecule has 1 nitrogen and oxygen atoms in total. The van der Waals surface area contributed by atoms with E-state index in [1.165, 1.54) is 48.9 Å². The van der Waals surface area contributed by atoms with Gasteiger partial charge >= 0.3 is 0 Å². The third-order valence-corrected chi connectivity index (χ3v) is 4.79. The Morgan fingerprint density at radius 3 is 1.96 bits per heavy atom. The van der Waals surface area contributed by atoms with Crippen LogP contribution in [0, 0.1) is 0 Å². The lowest BCUT2D eigenvalue weighted by atomic mass is 9.96. The van der Waals surface area contributed by atoms with Crippen molar-refractivity contribution >= 4 is 12.4 Å². The second kappa shape index (κ2) is 11.3. The van der Waals surface area contributed by atoms with Crippen molar-refractivity contribution in [3.05, 3.63) is 60.2 Å². The van der Waals surface area contributed by atoms with Gasteiger partial charge in [0.1, 0.15) is 0 Å². The van der Waals surface area contributed by atoms with Crippen LogP contribution >= 0.6 is 12.4 Å². The molecule has 0 aliphatic carbocycles. The number of nitrogens with zero attached hydrogens (tertiary/aromatic N) is 1. The minimum Gasteiger partial charge on any atom is -0.299 e. The number of hydrogen-bond acceptors (Lipinski definition) is 1. The van der Waals surface area contributed by atoms with Gasteiger partial charge in [-0.1, -0.05) is 61.0 Å². The fourth-order valence-electron chi connectivity index (χ4n) is 3.54. The largest absolute Gasteiger partial charge is 0.299 e. The van der Waals surface area contributed by atoms with Crippen molar-refractivity contribution in [3.63, 3.8) is 0 Å². The summed E-state index contributed by atoms with van der Waals surface area (Å²) < 4.78 is 0. The van der Waals surface area contributed by atoms with Crippen LogP contribution in [-0.4, -0.2) is 23.5 Å². The third kappa shape index (κ3) is 6.84. The lowest BCUT2D eigenvalue weighted by Crippen LogP contribution is -2.37. The summed E-state index contributed by atoms with van der Waals surface area (Å²) in [5.74, 6) is 0. The van der Waals surface area contributed by atoms with Crippen molar-refractivity contribution in [3.8, 4) is 11.1 Å². The van der Waals surface area contributed by atoms with Gasteiger partial charge in [-0.2, -0.15) is 0 Å². The molecular formula is C23H34ClN. The number of unbranched alkanes of at least 4 members (excludes halogenated alkanes) is 2. The van der Waals surface area contributed by atoms with E-state index in [2.05, 4.69) is 87.2 Å². The van der Waals surface area contributed by atoms with E-state index in [1.54, 1.807) is 0 Å². The highest BCUT2D eigenvalue weighted by Gasteiger charge is 2.12. The zero-order valence-corrected chi connectivity index (χ0v) is 17.1. The van der Waals surface area contributed by atoms with E-state index in [9.17, 15) is 0 Å². The molecule has 0 aromatic heterocycles. The topological polar surface area (TPSA) is 3.24 Å². The summed E-state index contributed by atoms with van der Waals surface area (Å²) in [4.78, 5) is 2.60. The van der Waals surface area contributed by atoms with Gasteiger partial charge in [0.15, 0.2) is 0 Å². The molecule has 0 bridgehead atoms. The molecule has 0 aliphatic heterocycles. The molecule has 0 saturated carbocycles. The van der Waals surface area contributed by atoms with Crippen LogP contribution in [0.15, 0.2) is 54.6 Å². The molecule has 0 unspecified atom stereocenters. The quantitative estimate of drug-likeness (QED) is 0.455. The second-order valence-corrected chi connectivity index (χ2v) is 7.26. The predicted octanol–water partition coefficient (Wildman–Crippen LogP) is 6.61. The van der Waals surface area contributed by atoms with Crippen LogP contribution in [0.4, 0.5) is 0 Å². The molecule has 0 saturated heterocycles. The fraction of sp³-hybridized carbons (Fsp3) is 0.478. The predicted molar refractivity (Wildman–Crippen MR) is 114 cm³/mol. The van der Waals surface area contributed by atoms with Gasteiger partial charge in [0.25, 0.3) is 0 Å². The first-order valence-corrected chi connectivity index (χ1v) is 9.48. The molecular weight excluding hydrogens is 326 g/mol. The molecule has 0 amide bonds. The Labute approximate surface area is 160 Å². The van der Waals surface area contributed by atoms with Crippen molar-refractivity contribution in [1.29, 1.82) is 0 Å². The molecule has 0 N–H and O–H groups in total. The molecule has 25 heavy (non-hydrogen) atoms. The molecule has 0 radical (unpaired) electrons. The highest BCUT2D eigenvalue weighted by atomic mass is 35.5. The second-order valence-electron chi connectivity index (χ2n) is 7.26. The van der Waals surface area contributed by atoms with Crippen molar-refractivity contribution in [2.75, 3.05) is 6.54 Å². The summed E-state index contributed by atoms with van der Waals surface area (Å²) in [6.45, 7) is 10.4. The van der Waals surface area contributed by atoms with E-state index in [4.69, 9.17) is 0 Å². The van der Waals surface area contributed by atoms with Crippen LogP contribution in [0.2, 0.25) is 0 Å². The zero-order valence-electron chi connectivity index (χ0n) is 16.2. The Kier molecular flexibility index (Phi) is 9.85. The van der Waals surface area contributed by atoms with Gasteiger partial charge in [0.05, 0.1) is 0 Å². The normalized spacial score (nSPS) is 11.2. The van der Waals surface area contributed by atoms with Crippen molar-refractivity contribution in [2.45, 2.75) is 65.5 Å². The minimum atomic E-state index is 0. The first-order chi connectivity index (χ1) is 11.6. The van der Waals surface area contributed by atoms with E-state index in [-0.39, 0.29) is 12.4 Å². The number of benzene rings is 2. The number of aryl methyl sites for hydroxylation is 1. The number of rotatable bonds is 9. The molecule has 0 spiro atoms. The summed E-state index contributed by atoms with van der Waals surface area (Å²) in [5, 5.41) is 0. The van der Waals surface area contributed by atoms with Gasteiger partial charge in [-0.05, 0) is 70.2 Å². The molecule has 2 heteroatoms. The minimum absolute atomic E-state index is 0. The van der Waals surface area contributed by atoms with E-state index in [1.807, 2.05) is 0 Å². The van der Waals surface area contributed by atoms with E-state index in [0.717, 1.165) is 0 Å². The molecule has 0 aliphatic rings. The maximum absolute atomic E-state index is 2.60. The van der Waals surface area contributed by atoms with Crippen molar-refractivity contribution < 1.29 is 0 Å². The van der Waals surface area contributed by atoms with E-state index >= 15 is 0 Å². The van der Waals surface area contributed by atoms with Gasteiger partial charge < -0.3 is 0 Å². The van der Waals surface area contributed by atoms with Gasteiger partial charge in [0.2, 0.25) is 0 Å². The zero-order chi connectivity index (χ0) is 17.4. The van der Waals surface area contributed by atoms with Crippen LogP contribution in [0.25, 0.3) is 11.1 Å². The molecule has 0 atom stereocenters.